The van der Waals surface area contributed by atoms with Gasteiger partial charge in [-0.15, -0.1) is 0 Å². The fraction of sp³-hybridized carbons (Fsp3) is 0.0526. The Labute approximate surface area is 140 Å². The second kappa shape index (κ2) is 7.11. The Morgan fingerprint density at radius 1 is 0.913 bits per heavy atom. The molecular formula is C19H18N2OS. The molecule has 3 aromatic carbocycles. The summed E-state index contributed by atoms with van der Waals surface area (Å²) in [5.74, 6) is 0.266. The standard InChI is InChI=1S/C19H18N2OS/c20-18-12-15(21-13-14-4-2-1-3-5-14)6-11-19(18)23-17-9-7-16(22)8-10-17/h1-12,21-22H,13,20H2. The molecule has 0 radical (unpaired) electrons. The van der Waals surface area contributed by atoms with Crippen LogP contribution in [0.1, 0.15) is 5.56 Å². The molecule has 0 saturated carbocycles. The lowest BCUT2D eigenvalue weighted by Gasteiger charge is -2.10. The number of phenols is 1. The van der Waals surface area contributed by atoms with E-state index in [1.54, 1.807) is 23.9 Å². The molecule has 0 atom stereocenters. The number of anilines is 2. The Morgan fingerprint density at radius 3 is 2.35 bits per heavy atom. The molecule has 116 valence electrons. The van der Waals surface area contributed by atoms with Crippen molar-refractivity contribution in [3.8, 4) is 5.75 Å². The van der Waals surface area contributed by atoms with Crippen molar-refractivity contribution in [1.82, 2.24) is 0 Å². The number of rotatable bonds is 5. The number of hydrogen-bond acceptors (Lipinski definition) is 4. The molecule has 0 amide bonds. The molecule has 0 spiro atoms. The predicted octanol–water partition coefficient (Wildman–Crippen LogP) is 4.74. The van der Waals surface area contributed by atoms with E-state index in [0.717, 1.165) is 27.7 Å². The summed E-state index contributed by atoms with van der Waals surface area (Å²) in [5, 5.41) is 12.7. The number of hydrogen-bond donors (Lipinski definition) is 3. The van der Waals surface area contributed by atoms with Gasteiger partial charge in [0, 0.05) is 27.7 Å². The van der Waals surface area contributed by atoms with Crippen molar-refractivity contribution >= 4 is 23.1 Å². The average Bonchev–Trinajstić information content (AvgIpc) is 2.58. The van der Waals surface area contributed by atoms with Crippen molar-refractivity contribution in [2.45, 2.75) is 16.3 Å². The summed E-state index contributed by atoms with van der Waals surface area (Å²) in [6, 6.07) is 23.3. The minimum Gasteiger partial charge on any atom is -0.508 e. The maximum Gasteiger partial charge on any atom is 0.115 e. The van der Waals surface area contributed by atoms with Crippen LogP contribution in [0.2, 0.25) is 0 Å². The highest BCUT2D eigenvalue weighted by Crippen LogP contribution is 2.34. The molecule has 0 aliphatic rings. The van der Waals surface area contributed by atoms with Gasteiger partial charge >= 0.3 is 0 Å². The number of nitrogens with two attached hydrogens (primary N) is 1. The van der Waals surface area contributed by atoms with Crippen molar-refractivity contribution in [3.05, 3.63) is 78.4 Å². The quantitative estimate of drug-likeness (QED) is 0.594. The Kier molecular flexibility index (Phi) is 4.74. The second-order valence-corrected chi connectivity index (χ2v) is 6.30. The molecule has 0 aliphatic heterocycles. The Bertz CT molecular complexity index is 773. The van der Waals surface area contributed by atoms with Crippen molar-refractivity contribution in [3.63, 3.8) is 0 Å². The minimum absolute atomic E-state index is 0.266. The second-order valence-electron chi connectivity index (χ2n) is 5.19. The monoisotopic (exact) mass is 322 g/mol. The van der Waals surface area contributed by atoms with Crippen LogP contribution < -0.4 is 11.1 Å². The third-order valence-electron chi connectivity index (χ3n) is 3.41. The van der Waals surface area contributed by atoms with Gasteiger partial charge < -0.3 is 16.2 Å². The molecule has 0 bridgehead atoms. The van der Waals surface area contributed by atoms with E-state index in [-0.39, 0.29) is 5.75 Å². The predicted molar refractivity (Wildman–Crippen MR) is 96.9 cm³/mol. The number of phenolic OH excluding ortho intramolecular Hbond substituents is 1. The van der Waals surface area contributed by atoms with Gasteiger partial charge in [0.15, 0.2) is 0 Å². The molecule has 0 saturated heterocycles. The maximum atomic E-state index is 9.32. The summed E-state index contributed by atoms with van der Waals surface area (Å²) in [6.07, 6.45) is 0. The molecule has 0 unspecified atom stereocenters. The first-order valence-corrected chi connectivity index (χ1v) is 8.16. The van der Waals surface area contributed by atoms with Crippen LogP contribution in [0.15, 0.2) is 82.6 Å². The van der Waals surface area contributed by atoms with Crippen LogP contribution in [0.4, 0.5) is 11.4 Å². The Balaban J connectivity index is 1.67. The molecule has 3 aromatic rings. The first kappa shape index (κ1) is 15.3. The van der Waals surface area contributed by atoms with Crippen molar-refractivity contribution < 1.29 is 5.11 Å². The van der Waals surface area contributed by atoms with Crippen molar-refractivity contribution in [2.24, 2.45) is 0 Å². The Morgan fingerprint density at radius 2 is 1.65 bits per heavy atom. The summed E-state index contributed by atoms with van der Waals surface area (Å²) < 4.78 is 0. The zero-order chi connectivity index (χ0) is 16.1. The molecular weight excluding hydrogens is 304 g/mol. The van der Waals surface area contributed by atoms with Crippen LogP contribution in [0.5, 0.6) is 5.75 Å². The minimum atomic E-state index is 0.266. The summed E-state index contributed by atoms with van der Waals surface area (Å²) in [5.41, 5.74) is 9.13. The highest BCUT2D eigenvalue weighted by atomic mass is 32.2. The van der Waals surface area contributed by atoms with E-state index in [1.165, 1.54) is 5.56 Å². The van der Waals surface area contributed by atoms with Crippen LogP contribution in [0.3, 0.4) is 0 Å². The average molecular weight is 322 g/mol. The zero-order valence-electron chi connectivity index (χ0n) is 12.6. The molecule has 4 N–H and O–H groups in total. The van der Waals surface area contributed by atoms with E-state index in [1.807, 2.05) is 48.5 Å². The first-order valence-electron chi connectivity index (χ1n) is 7.35. The molecule has 0 heterocycles. The summed E-state index contributed by atoms with van der Waals surface area (Å²) in [6.45, 7) is 0.769. The summed E-state index contributed by atoms with van der Waals surface area (Å²) >= 11 is 1.58. The lowest BCUT2D eigenvalue weighted by molar-refractivity contribution is 0.475. The highest BCUT2D eigenvalue weighted by molar-refractivity contribution is 7.99. The van der Waals surface area contributed by atoms with Crippen molar-refractivity contribution in [1.29, 1.82) is 0 Å². The van der Waals surface area contributed by atoms with Gasteiger partial charge in [-0.25, -0.2) is 0 Å². The van der Waals surface area contributed by atoms with Gasteiger partial charge in [0.25, 0.3) is 0 Å². The molecule has 0 aliphatic carbocycles. The van der Waals surface area contributed by atoms with Crippen LogP contribution in [-0.4, -0.2) is 5.11 Å². The van der Waals surface area contributed by atoms with Gasteiger partial charge in [0.05, 0.1) is 0 Å². The fourth-order valence-electron chi connectivity index (χ4n) is 2.19. The number of nitrogens with one attached hydrogen (secondary N) is 1. The SMILES string of the molecule is Nc1cc(NCc2ccccc2)ccc1Sc1ccc(O)cc1. The summed E-state index contributed by atoms with van der Waals surface area (Å²) in [4.78, 5) is 2.04. The zero-order valence-corrected chi connectivity index (χ0v) is 13.4. The molecule has 0 fully saturated rings. The lowest BCUT2D eigenvalue weighted by Crippen LogP contribution is -2.00. The topological polar surface area (TPSA) is 58.3 Å². The van der Waals surface area contributed by atoms with Gasteiger partial charge in [0.1, 0.15) is 5.75 Å². The van der Waals surface area contributed by atoms with Crippen LogP contribution in [-0.2, 0) is 6.54 Å². The van der Waals surface area contributed by atoms with Gasteiger partial charge in [-0.05, 0) is 48.0 Å². The van der Waals surface area contributed by atoms with E-state index in [4.69, 9.17) is 5.73 Å². The van der Waals surface area contributed by atoms with Gasteiger partial charge in [-0.1, -0.05) is 42.1 Å². The normalized spacial score (nSPS) is 10.4. The van der Waals surface area contributed by atoms with Crippen LogP contribution in [0.25, 0.3) is 0 Å². The smallest absolute Gasteiger partial charge is 0.115 e. The van der Waals surface area contributed by atoms with Crippen LogP contribution in [0, 0.1) is 0 Å². The van der Waals surface area contributed by atoms with Gasteiger partial charge in [-0.3, -0.25) is 0 Å². The largest absolute Gasteiger partial charge is 0.508 e. The fourth-order valence-corrected chi connectivity index (χ4v) is 3.03. The van der Waals surface area contributed by atoms with Gasteiger partial charge in [-0.2, -0.15) is 0 Å². The lowest BCUT2D eigenvalue weighted by atomic mass is 10.2. The van der Waals surface area contributed by atoms with E-state index in [9.17, 15) is 5.11 Å². The summed E-state index contributed by atoms with van der Waals surface area (Å²) in [7, 11) is 0. The molecule has 4 heteroatoms. The van der Waals surface area contributed by atoms with Crippen LogP contribution >= 0.6 is 11.8 Å². The maximum absolute atomic E-state index is 9.32. The number of nitrogen functional groups attached to an aromatic ring is 1. The van der Waals surface area contributed by atoms with Crippen molar-refractivity contribution in [2.75, 3.05) is 11.1 Å². The van der Waals surface area contributed by atoms with E-state index in [2.05, 4.69) is 17.4 Å². The molecule has 0 aromatic heterocycles. The van der Waals surface area contributed by atoms with E-state index >= 15 is 0 Å². The molecule has 3 nitrogen and oxygen atoms in total. The third kappa shape index (κ3) is 4.20. The molecule has 23 heavy (non-hydrogen) atoms. The third-order valence-corrected chi connectivity index (χ3v) is 4.51. The van der Waals surface area contributed by atoms with E-state index < -0.39 is 0 Å². The molecule has 3 rings (SSSR count). The Hall–Kier alpha value is -2.59. The highest BCUT2D eigenvalue weighted by Gasteiger charge is 2.04. The number of aromatic hydroxyl groups is 1. The first-order chi connectivity index (χ1) is 11.2. The number of benzene rings is 3. The van der Waals surface area contributed by atoms with E-state index in [0.29, 0.717) is 0 Å². The van der Waals surface area contributed by atoms with Gasteiger partial charge in [0.2, 0.25) is 0 Å².